The van der Waals surface area contributed by atoms with Gasteiger partial charge >= 0.3 is 0 Å². The molecule has 0 aliphatic rings. The molecule has 0 aliphatic carbocycles. The number of hydrogen-bond donors (Lipinski definition) is 1. The molecule has 0 saturated carbocycles. The fourth-order valence-corrected chi connectivity index (χ4v) is 3.00. The predicted octanol–water partition coefficient (Wildman–Crippen LogP) is 4.65. The summed E-state index contributed by atoms with van der Waals surface area (Å²) in [6.45, 7) is 7.63. The van der Waals surface area contributed by atoms with E-state index >= 15 is 0 Å². The minimum Gasteiger partial charge on any atom is -0.326 e. The number of halogens is 1. The lowest BCUT2D eigenvalue weighted by molar-refractivity contribution is -0.117. The van der Waals surface area contributed by atoms with E-state index in [4.69, 9.17) is 11.6 Å². The number of aryl methyl sites for hydroxylation is 2. The van der Waals surface area contributed by atoms with Crippen molar-refractivity contribution in [2.75, 3.05) is 16.8 Å². The molecule has 0 spiro atoms. The van der Waals surface area contributed by atoms with Gasteiger partial charge in [-0.15, -0.1) is 0 Å². The van der Waals surface area contributed by atoms with Gasteiger partial charge in [-0.25, -0.2) is 0 Å². The Morgan fingerprint density at radius 3 is 2.24 bits per heavy atom. The van der Waals surface area contributed by atoms with Crippen LogP contribution in [0.15, 0.2) is 36.4 Å². The van der Waals surface area contributed by atoms with Crippen LogP contribution >= 0.6 is 11.6 Å². The molecule has 0 aliphatic heterocycles. The molecule has 0 heterocycles. The molecule has 0 saturated heterocycles. The molecule has 1 N–H and O–H groups in total. The van der Waals surface area contributed by atoms with Crippen LogP contribution in [0.2, 0.25) is 5.02 Å². The average molecular weight is 359 g/mol. The number of para-hydroxylation sites is 1. The van der Waals surface area contributed by atoms with Crippen molar-refractivity contribution in [3.63, 3.8) is 0 Å². The Labute approximate surface area is 153 Å². The van der Waals surface area contributed by atoms with Gasteiger partial charge in [0, 0.05) is 36.3 Å². The van der Waals surface area contributed by atoms with Gasteiger partial charge in [0.05, 0.1) is 0 Å². The first-order chi connectivity index (χ1) is 11.8. The summed E-state index contributed by atoms with van der Waals surface area (Å²) in [6.07, 6.45) is 0.208. The molecule has 132 valence electrons. The summed E-state index contributed by atoms with van der Waals surface area (Å²) < 4.78 is 0. The Morgan fingerprint density at radius 1 is 1.04 bits per heavy atom. The van der Waals surface area contributed by atoms with E-state index in [9.17, 15) is 9.59 Å². The summed E-state index contributed by atoms with van der Waals surface area (Å²) in [6, 6.07) is 11.3. The normalized spacial score (nSPS) is 10.4. The Kier molecular flexibility index (Phi) is 6.21. The van der Waals surface area contributed by atoms with E-state index < -0.39 is 0 Å². The number of carbonyl (C=O) groups is 2. The van der Waals surface area contributed by atoms with E-state index in [0.717, 1.165) is 22.4 Å². The zero-order valence-electron chi connectivity index (χ0n) is 15.0. The largest absolute Gasteiger partial charge is 0.326 e. The number of carbonyl (C=O) groups excluding carboxylic acids is 2. The van der Waals surface area contributed by atoms with E-state index in [2.05, 4.69) is 5.32 Å². The smallest absolute Gasteiger partial charge is 0.226 e. The Morgan fingerprint density at radius 2 is 1.64 bits per heavy atom. The van der Waals surface area contributed by atoms with Crippen LogP contribution in [0, 0.1) is 20.8 Å². The van der Waals surface area contributed by atoms with Gasteiger partial charge in [-0.2, -0.15) is 0 Å². The van der Waals surface area contributed by atoms with Crippen LogP contribution in [0.1, 0.15) is 30.0 Å². The third-order valence-corrected chi connectivity index (χ3v) is 4.60. The number of rotatable bonds is 5. The van der Waals surface area contributed by atoms with Gasteiger partial charge in [0.2, 0.25) is 11.8 Å². The third kappa shape index (κ3) is 4.60. The zero-order chi connectivity index (χ0) is 18.6. The minimum absolute atomic E-state index is 0.0795. The van der Waals surface area contributed by atoms with Crippen molar-refractivity contribution in [2.45, 2.75) is 34.1 Å². The second-order valence-corrected chi connectivity index (χ2v) is 6.53. The Bertz CT molecular complexity index is 782. The first kappa shape index (κ1) is 19.0. The van der Waals surface area contributed by atoms with Crippen molar-refractivity contribution < 1.29 is 9.59 Å². The molecule has 25 heavy (non-hydrogen) atoms. The quantitative estimate of drug-likeness (QED) is 0.845. The molecule has 2 rings (SSSR count). The number of nitrogens with one attached hydrogen (secondary N) is 1. The summed E-state index contributed by atoms with van der Waals surface area (Å²) >= 11 is 6.08. The Hall–Kier alpha value is -2.33. The highest BCUT2D eigenvalue weighted by Gasteiger charge is 2.17. The van der Waals surface area contributed by atoms with Crippen LogP contribution in [0.25, 0.3) is 0 Å². The molecular formula is C20H23ClN2O2. The van der Waals surface area contributed by atoms with Crippen LogP contribution in [-0.2, 0) is 9.59 Å². The highest BCUT2D eigenvalue weighted by atomic mass is 35.5. The van der Waals surface area contributed by atoms with Crippen molar-refractivity contribution in [3.8, 4) is 0 Å². The second-order valence-electron chi connectivity index (χ2n) is 6.12. The maximum Gasteiger partial charge on any atom is 0.226 e. The van der Waals surface area contributed by atoms with E-state index in [-0.39, 0.29) is 18.2 Å². The molecule has 0 unspecified atom stereocenters. The minimum atomic E-state index is -0.150. The maximum absolute atomic E-state index is 12.3. The van der Waals surface area contributed by atoms with Crippen molar-refractivity contribution in [2.24, 2.45) is 0 Å². The molecule has 4 nitrogen and oxygen atoms in total. The van der Waals surface area contributed by atoms with E-state index in [1.165, 1.54) is 6.92 Å². The molecular weight excluding hydrogens is 336 g/mol. The summed E-state index contributed by atoms with van der Waals surface area (Å²) in [4.78, 5) is 26.1. The molecule has 0 aromatic heterocycles. The summed E-state index contributed by atoms with van der Waals surface area (Å²) in [7, 11) is 0. The number of anilines is 2. The van der Waals surface area contributed by atoms with E-state index in [0.29, 0.717) is 17.3 Å². The van der Waals surface area contributed by atoms with Gasteiger partial charge in [-0.05, 0) is 49.6 Å². The second kappa shape index (κ2) is 8.17. The van der Waals surface area contributed by atoms with Crippen molar-refractivity contribution in [1.29, 1.82) is 0 Å². The zero-order valence-corrected chi connectivity index (χ0v) is 15.8. The SMILES string of the molecule is CC(=O)N(CCC(=O)Nc1cccc(Cl)c1C)c1c(C)cccc1C. The molecule has 0 atom stereocenters. The summed E-state index contributed by atoms with van der Waals surface area (Å²) in [5.74, 6) is -0.230. The number of nitrogens with zero attached hydrogens (tertiary/aromatic N) is 1. The van der Waals surface area contributed by atoms with Crippen LogP contribution in [0.4, 0.5) is 11.4 Å². The number of amides is 2. The number of hydrogen-bond acceptors (Lipinski definition) is 2. The van der Waals surface area contributed by atoms with Gasteiger partial charge < -0.3 is 10.2 Å². The van der Waals surface area contributed by atoms with Crippen LogP contribution in [-0.4, -0.2) is 18.4 Å². The Balaban J connectivity index is 2.10. The molecule has 0 radical (unpaired) electrons. The summed E-state index contributed by atoms with van der Waals surface area (Å²) in [5.41, 5.74) is 4.43. The van der Waals surface area contributed by atoms with Crippen molar-refractivity contribution in [3.05, 3.63) is 58.1 Å². The fraction of sp³-hybridized carbons (Fsp3) is 0.300. The van der Waals surface area contributed by atoms with Crippen molar-refractivity contribution in [1.82, 2.24) is 0 Å². The van der Waals surface area contributed by atoms with Gasteiger partial charge in [0.1, 0.15) is 0 Å². The standard InChI is InChI=1S/C20H23ClN2O2/c1-13-7-5-8-14(2)20(13)23(16(4)24)12-11-19(25)22-18-10-6-9-17(21)15(18)3/h5-10H,11-12H2,1-4H3,(H,22,25). The number of benzene rings is 2. The van der Waals surface area contributed by atoms with Gasteiger partial charge in [-0.3, -0.25) is 9.59 Å². The fourth-order valence-electron chi connectivity index (χ4n) is 2.83. The predicted molar refractivity (Wildman–Crippen MR) is 103 cm³/mol. The van der Waals surface area contributed by atoms with Gasteiger partial charge in [0.25, 0.3) is 0 Å². The molecule has 0 fully saturated rings. The first-order valence-electron chi connectivity index (χ1n) is 8.20. The first-order valence-corrected chi connectivity index (χ1v) is 8.58. The average Bonchev–Trinajstić information content (AvgIpc) is 2.54. The lowest BCUT2D eigenvalue weighted by atomic mass is 10.1. The molecule has 2 aromatic rings. The third-order valence-electron chi connectivity index (χ3n) is 4.19. The molecule has 2 aromatic carbocycles. The lowest BCUT2D eigenvalue weighted by Gasteiger charge is -2.25. The summed E-state index contributed by atoms with van der Waals surface area (Å²) in [5, 5.41) is 3.47. The molecule has 2 amide bonds. The monoisotopic (exact) mass is 358 g/mol. The molecule has 0 bridgehead atoms. The highest BCUT2D eigenvalue weighted by Crippen LogP contribution is 2.26. The topological polar surface area (TPSA) is 49.4 Å². The van der Waals surface area contributed by atoms with Crippen LogP contribution < -0.4 is 10.2 Å². The van der Waals surface area contributed by atoms with Crippen LogP contribution in [0.5, 0.6) is 0 Å². The van der Waals surface area contributed by atoms with Gasteiger partial charge in [-0.1, -0.05) is 35.9 Å². The van der Waals surface area contributed by atoms with Crippen LogP contribution in [0.3, 0.4) is 0 Å². The van der Waals surface area contributed by atoms with E-state index in [1.54, 1.807) is 17.0 Å². The highest BCUT2D eigenvalue weighted by molar-refractivity contribution is 6.31. The maximum atomic E-state index is 12.3. The van der Waals surface area contributed by atoms with Crippen molar-refractivity contribution >= 4 is 34.8 Å². The molecule has 5 heteroatoms. The van der Waals surface area contributed by atoms with Gasteiger partial charge in [0.15, 0.2) is 0 Å². The lowest BCUT2D eigenvalue weighted by Crippen LogP contribution is -2.33. The van der Waals surface area contributed by atoms with E-state index in [1.807, 2.05) is 45.0 Å².